The van der Waals surface area contributed by atoms with Gasteiger partial charge < -0.3 is 5.32 Å². The number of carbonyl (C=O) groups is 1. The van der Waals surface area contributed by atoms with Crippen LogP contribution in [0.3, 0.4) is 0 Å². The fourth-order valence-corrected chi connectivity index (χ4v) is 1.62. The van der Waals surface area contributed by atoms with Crippen LogP contribution < -0.4 is 5.32 Å². The normalized spacial score (nSPS) is 10.3. The van der Waals surface area contributed by atoms with Crippen LogP contribution in [-0.2, 0) is 11.3 Å². The molecule has 1 amide bonds. The van der Waals surface area contributed by atoms with Crippen molar-refractivity contribution < 1.29 is 4.79 Å². The lowest BCUT2D eigenvalue weighted by molar-refractivity contribution is -0.116. The highest BCUT2D eigenvalue weighted by Crippen LogP contribution is 2.04. The molecule has 0 aliphatic heterocycles. The zero-order chi connectivity index (χ0) is 13.0. The van der Waals surface area contributed by atoms with Gasteiger partial charge in [-0.05, 0) is 32.0 Å². The minimum Gasteiger partial charge on any atom is -0.311 e. The zero-order valence-electron chi connectivity index (χ0n) is 10.6. The molecule has 5 nitrogen and oxygen atoms in total. The highest BCUT2D eigenvalue weighted by Gasteiger charge is 2.04. The molecule has 2 aromatic rings. The Kier molecular flexibility index (Phi) is 3.72. The summed E-state index contributed by atoms with van der Waals surface area (Å²) in [7, 11) is 0. The maximum absolute atomic E-state index is 11.7. The van der Waals surface area contributed by atoms with Crippen molar-refractivity contribution in [2.75, 3.05) is 5.32 Å². The number of hydrogen-bond donors (Lipinski definition) is 1. The van der Waals surface area contributed by atoms with E-state index < -0.39 is 0 Å². The van der Waals surface area contributed by atoms with Gasteiger partial charge in [-0.25, -0.2) is 4.98 Å². The number of aryl methyl sites for hydroxylation is 3. The predicted octanol–water partition coefficient (Wildman–Crippen LogP) is 1.92. The second kappa shape index (κ2) is 5.44. The first-order valence-electron chi connectivity index (χ1n) is 5.87. The summed E-state index contributed by atoms with van der Waals surface area (Å²) in [5, 5.41) is 6.99. The van der Waals surface area contributed by atoms with E-state index in [9.17, 15) is 4.79 Å². The van der Waals surface area contributed by atoms with E-state index in [-0.39, 0.29) is 5.91 Å². The summed E-state index contributed by atoms with van der Waals surface area (Å²) in [6.45, 7) is 4.39. The number of anilines is 1. The minimum atomic E-state index is -0.0544. The van der Waals surface area contributed by atoms with Gasteiger partial charge in [0.25, 0.3) is 0 Å². The summed E-state index contributed by atoms with van der Waals surface area (Å²) in [4.78, 5) is 15.9. The SMILES string of the molecule is Cc1cccc(NC(=O)CCn2ccc(C)n2)n1. The molecule has 0 aromatic carbocycles. The topological polar surface area (TPSA) is 59.8 Å². The van der Waals surface area contributed by atoms with Gasteiger partial charge in [0, 0.05) is 24.9 Å². The molecule has 5 heteroatoms. The monoisotopic (exact) mass is 244 g/mol. The molecule has 0 unspecified atom stereocenters. The first-order valence-corrected chi connectivity index (χ1v) is 5.87. The lowest BCUT2D eigenvalue weighted by Gasteiger charge is -2.05. The summed E-state index contributed by atoms with van der Waals surface area (Å²) < 4.78 is 1.76. The molecule has 0 bridgehead atoms. The van der Waals surface area contributed by atoms with Gasteiger partial charge in [0.15, 0.2) is 0 Å². The quantitative estimate of drug-likeness (QED) is 0.893. The van der Waals surface area contributed by atoms with Crippen LogP contribution in [0.5, 0.6) is 0 Å². The lowest BCUT2D eigenvalue weighted by atomic mass is 10.3. The third-order valence-electron chi connectivity index (χ3n) is 2.50. The largest absolute Gasteiger partial charge is 0.311 e. The van der Waals surface area contributed by atoms with Crippen molar-refractivity contribution in [3.05, 3.63) is 41.9 Å². The summed E-state index contributed by atoms with van der Waals surface area (Å²) in [5.74, 6) is 0.540. The van der Waals surface area contributed by atoms with Crippen molar-refractivity contribution in [2.24, 2.45) is 0 Å². The lowest BCUT2D eigenvalue weighted by Crippen LogP contribution is -2.15. The van der Waals surface area contributed by atoms with Gasteiger partial charge in [0.2, 0.25) is 5.91 Å². The Balaban J connectivity index is 1.85. The van der Waals surface area contributed by atoms with E-state index in [1.54, 1.807) is 10.7 Å². The second-order valence-corrected chi connectivity index (χ2v) is 4.18. The van der Waals surface area contributed by atoms with Crippen LogP contribution in [0.1, 0.15) is 17.8 Å². The van der Waals surface area contributed by atoms with Crippen LogP contribution in [0, 0.1) is 13.8 Å². The van der Waals surface area contributed by atoms with E-state index >= 15 is 0 Å². The average molecular weight is 244 g/mol. The molecule has 1 N–H and O–H groups in total. The van der Waals surface area contributed by atoms with Crippen LogP contribution in [0.15, 0.2) is 30.5 Å². The predicted molar refractivity (Wildman–Crippen MR) is 69.2 cm³/mol. The summed E-state index contributed by atoms with van der Waals surface area (Å²) in [5.41, 5.74) is 1.84. The number of nitrogens with zero attached hydrogens (tertiary/aromatic N) is 3. The van der Waals surface area contributed by atoms with Gasteiger partial charge in [0.05, 0.1) is 5.69 Å². The van der Waals surface area contributed by atoms with E-state index in [1.807, 2.05) is 38.2 Å². The highest BCUT2D eigenvalue weighted by atomic mass is 16.1. The summed E-state index contributed by atoms with van der Waals surface area (Å²) >= 11 is 0. The summed E-state index contributed by atoms with van der Waals surface area (Å²) in [6, 6.07) is 7.46. The Bertz CT molecular complexity index is 547. The molecule has 0 fully saturated rings. The first kappa shape index (κ1) is 12.3. The molecule has 0 atom stereocenters. The molecule has 0 saturated carbocycles. The Morgan fingerprint density at radius 1 is 1.28 bits per heavy atom. The van der Waals surface area contributed by atoms with Crippen molar-refractivity contribution in [1.82, 2.24) is 14.8 Å². The number of rotatable bonds is 4. The van der Waals surface area contributed by atoms with Crippen molar-refractivity contribution in [2.45, 2.75) is 26.8 Å². The standard InChI is InChI=1S/C13H16N4O/c1-10-4-3-5-12(14-10)15-13(18)7-9-17-8-6-11(2)16-17/h3-6,8H,7,9H2,1-2H3,(H,14,15,18). The van der Waals surface area contributed by atoms with Crippen molar-refractivity contribution in [3.63, 3.8) is 0 Å². The molecule has 0 aliphatic rings. The van der Waals surface area contributed by atoms with Crippen LogP contribution in [0.25, 0.3) is 0 Å². The number of nitrogens with one attached hydrogen (secondary N) is 1. The molecule has 2 heterocycles. The first-order chi connectivity index (χ1) is 8.63. The van der Waals surface area contributed by atoms with Crippen molar-refractivity contribution in [3.8, 4) is 0 Å². The van der Waals surface area contributed by atoms with E-state index in [2.05, 4.69) is 15.4 Å². The third kappa shape index (κ3) is 3.41. The second-order valence-electron chi connectivity index (χ2n) is 4.18. The number of amides is 1. The van der Waals surface area contributed by atoms with Crippen LogP contribution in [0.2, 0.25) is 0 Å². The smallest absolute Gasteiger partial charge is 0.227 e. The molecule has 0 spiro atoms. The molecule has 2 aromatic heterocycles. The molecule has 18 heavy (non-hydrogen) atoms. The minimum absolute atomic E-state index is 0.0544. The van der Waals surface area contributed by atoms with Gasteiger partial charge in [-0.1, -0.05) is 6.07 Å². The maximum atomic E-state index is 11.7. The Labute approximate surface area is 106 Å². The van der Waals surface area contributed by atoms with Crippen molar-refractivity contribution >= 4 is 11.7 Å². The Morgan fingerprint density at radius 3 is 2.78 bits per heavy atom. The number of aromatic nitrogens is 3. The van der Waals surface area contributed by atoms with E-state index in [1.165, 1.54) is 0 Å². The fourth-order valence-electron chi connectivity index (χ4n) is 1.62. The van der Waals surface area contributed by atoms with Crippen molar-refractivity contribution in [1.29, 1.82) is 0 Å². The number of pyridine rings is 1. The van der Waals surface area contributed by atoms with E-state index in [0.717, 1.165) is 11.4 Å². The number of hydrogen-bond acceptors (Lipinski definition) is 3. The van der Waals surface area contributed by atoms with Gasteiger partial charge in [-0.2, -0.15) is 5.10 Å². The Hall–Kier alpha value is -2.17. The van der Waals surface area contributed by atoms with E-state index in [4.69, 9.17) is 0 Å². The molecule has 0 radical (unpaired) electrons. The Morgan fingerprint density at radius 2 is 2.11 bits per heavy atom. The van der Waals surface area contributed by atoms with E-state index in [0.29, 0.717) is 18.8 Å². The summed E-state index contributed by atoms with van der Waals surface area (Å²) in [6.07, 6.45) is 2.25. The zero-order valence-corrected chi connectivity index (χ0v) is 10.6. The van der Waals surface area contributed by atoms with Crippen LogP contribution in [0.4, 0.5) is 5.82 Å². The van der Waals surface area contributed by atoms with Gasteiger partial charge in [-0.15, -0.1) is 0 Å². The van der Waals surface area contributed by atoms with Crippen LogP contribution >= 0.6 is 0 Å². The molecule has 94 valence electrons. The van der Waals surface area contributed by atoms with Gasteiger partial charge in [0.1, 0.15) is 5.82 Å². The molecule has 2 rings (SSSR count). The number of carbonyl (C=O) groups excluding carboxylic acids is 1. The third-order valence-corrected chi connectivity index (χ3v) is 2.50. The fraction of sp³-hybridized carbons (Fsp3) is 0.308. The molecular formula is C13H16N4O. The highest BCUT2D eigenvalue weighted by molar-refractivity contribution is 5.89. The molecule has 0 aliphatic carbocycles. The molecule has 0 saturated heterocycles. The molecular weight excluding hydrogens is 228 g/mol. The van der Waals surface area contributed by atoms with Gasteiger partial charge >= 0.3 is 0 Å². The van der Waals surface area contributed by atoms with Crippen LogP contribution in [-0.4, -0.2) is 20.7 Å². The maximum Gasteiger partial charge on any atom is 0.227 e. The average Bonchev–Trinajstić information content (AvgIpc) is 2.73. The van der Waals surface area contributed by atoms with Gasteiger partial charge in [-0.3, -0.25) is 9.48 Å².